The lowest BCUT2D eigenvalue weighted by Crippen LogP contribution is -2.32. The topological polar surface area (TPSA) is 191 Å². The van der Waals surface area contributed by atoms with Gasteiger partial charge in [0.05, 0.1) is 59.8 Å². The molecule has 0 bridgehead atoms. The molecule has 0 aliphatic rings. The van der Waals surface area contributed by atoms with E-state index in [2.05, 4.69) is 25.3 Å². The second-order valence-corrected chi connectivity index (χ2v) is 23.7. The summed E-state index contributed by atoms with van der Waals surface area (Å²) < 4.78 is 32.9. The third-order valence-electron chi connectivity index (χ3n) is 15.0. The highest BCUT2D eigenvalue weighted by Gasteiger charge is 2.21. The number of pyridine rings is 2. The number of hydrogen-bond donors (Lipinski definition) is 2. The highest BCUT2D eigenvalue weighted by atomic mass is 35.5. The van der Waals surface area contributed by atoms with E-state index in [-0.39, 0.29) is 43.8 Å². The number of para-hydroxylation sites is 2. The molecule has 9 rings (SSSR count). The molecule has 0 fully saturated rings. The molecule has 0 saturated carbocycles. The Labute approximate surface area is 564 Å². The smallest absolute Gasteiger partial charge is 0.336 e. The first-order chi connectivity index (χ1) is 44.1. The van der Waals surface area contributed by atoms with Gasteiger partial charge in [-0.1, -0.05) is 48.0 Å². The molecule has 0 atom stereocenters. The number of methoxy groups -OCH3 is 1. The second kappa shape index (κ2) is 37.6. The summed E-state index contributed by atoms with van der Waals surface area (Å²) >= 11 is 40.9. The lowest BCUT2D eigenvalue weighted by Gasteiger charge is -2.19. The summed E-state index contributed by atoms with van der Waals surface area (Å²) in [4.78, 5) is 64.2. The third kappa shape index (κ3) is 21.0. The lowest BCUT2D eigenvalue weighted by atomic mass is 10.0. The average molecular weight is 1390 g/mol. The van der Waals surface area contributed by atoms with Gasteiger partial charge in [-0.15, -0.1) is 69.6 Å². The van der Waals surface area contributed by atoms with Crippen LogP contribution in [0.25, 0.3) is 65.6 Å². The molecular formula is C67H76Cl7N7O10. The Morgan fingerprint density at radius 2 is 0.956 bits per heavy atom. The van der Waals surface area contributed by atoms with Gasteiger partial charge in [-0.3, -0.25) is 29.1 Å². The van der Waals surface area contributed by atoms with Crippen molar-refractivity contribution in [1.82, 2.24) is 24.7 Å². The molecular weight excluding hydrogens is 1310 g/mol. The van der Waals surface area contributed by atoms with Gasteiger partial charge in [-0.2, -0.15) is 0 Å². The third-order valence-corrected chi connectivity index (χ3v) is 16.2. The van der Waals surface area contributed by atoms with Crippen LogP contribution in [0.1, 0.15) is 35.3 Å². The molecule has 0 saturated heterocycles. The average Bonchev–Trinajstić information content (AvgIpc) is 1.83. The summed E-state index contributed by atoms with van der Waals surface area (Å²) in [6, 6.07) is 30.7. The molecule has 2 N–H and O–H groups in total. The molecule has 0 aliphatic heterocycles. The number of rotatable bonds is 32. The number of furan rings is 1. The van der Waals surface area contributed by atoms with E-state index in [9.17, 15) is 19.2 Å². The van der Waals surface area contributed by atoms with Crippen LogP contribution < -0.4 is 21.0 Å². The van der Waals surface area contributed by atoms with Crippen molar-refractivity contribution in [2.75, 3.05) is 145 Å². The van der Waals surface area contributed by atoms with Gasteiger partial charge in [0.2, 0.25) is 0 Å². The number of hydrogen-bond acceptors (Lipinski definition) is 17. The van der Waals surface area contributed by atoms with Crippen LogP contribution in [0.3, 0.4) is 0 Å². The number of aromatic nitrogens is 2. The molecule has 0 radical (unpaired) electrons. The Morgan fingerprint density at radius 3 is 1.47 bits per heavy atom. The van der Waals surface area contributed by atoms with Crippen LogP contribution in [0.2, 0.25) is 5.02 Å². The molecule has 5 aromatic carbocycles. The van der Waals surface area contributed by atoms with Crippen LogP contribution in [0.15, 0.2) is 111 Å². The Morgan fingerprint density at radius 1 is 0.495 bits per heavy atom. The van der Waals surface area contributed by atoms with Crippen molar-refractivity contribution >= 4 is 176 Å². The molecule has 0 unspecified atom stereocenters. The number of anilines is 2. The zero-order valence-electron chi connectivity index (χ0n) is 51.5. The first-order valence-corrected chi connectivity index (χ1v) is 33.5. The summed E-state index contributed by atoms with van der Waals surface area (Å²) in [5.41, 5.74) is 8.38. The van der Waals surface area contributed by atoms with Gasteiger partial charge >= 0.3 is 23.5 Å². The molecule has 0 amide bonds. The number of esters is 3. The molecule has 4 heterocycles. The van der Waals surface area contributed by atoms with Crippen LogP contribution in [0, 0.1) is 20.8 Å². The van der Waals surface area contributed by atoms with Crippen LogP contribution >= 0.6 is 81.2 Å². The standard InChI is InChI=1S/C23H26Cl3N3O3.C22H25Cl2N3O2.C22H25Cl2NO5/c1-31-17-3-5-20-19(15-17)23(18-4-2-16(26)14-21(18)28-20)27-9-6-22(30)32-13-12-29(10-7-24)11-8-25;23-10-13-27(14-11-24)15-16-29-21(28)9-12-25-22-17-5-1-3-7-19(17)26-20-8-4-2-6-18(20)22;1-13-10-20(27)30-21-14(2)22-18(11-16(13)21)17(15(3)29-22)12-19(26)28-9-8-25(6-4-23)7-5-24/h2-5,14-15H,6-13H2,1H3,(H,27,28);1-8H,9-16H2,(H,25,26);10-11H,4-9,12H2,1-3H3. The Bertz CT molecular complexity index is 3860. The van der Waals surface area contributed by atoms with Crippen molar-refractivity contribution in [2.24, 2.45) is 0 Å². The van der Waals surface area contributed by atoms with Crippen molar-refractivity contribution in [1.29, 1.82) is 0 Å². The molecule has 9 aromatic rings. The number of benzene rings is 5. The molecule has 0 spiro atoms. The van der Waals surface area contributed by atoms with Crippen molar-refractivity contribution < 1.29 is 42.2 Å². The van der Waals surface area contributed by atoms with Gasteiger partial charge in [0.1, 0.15) is 42.5 Å². The summed E-state index contributed by atoms with van der Waals surface area (Å²) in [6.07, 6.45) is 0.620. The number of carbonyl (C=O) groups excluding carboxylic acids is 3. The van der Waals surface area contributed by atoms with Crippen LogP contribution in [-0.2, 0) is 35.0 Å². The fraction of sp³-hybridized carbons (Fsp3) is 0.403. The van der Waals surface area contributed by atoms with E-state index in [4.69, 9.17) is 119 Å². The monoisotopic (exact) mass is 1380 g/mol. The quantitative estimate of drug-likeness (QED) is 0.0133. The summed E-state index contributed by atoms with van der Waals surface area (Å²) in [6.45, 7) is 13.5. The van der Waals surface area contributed by atoms with E-state index >= 15 is 0 Å². The SMILES string of the molecule is COc1ccc2nc3cc(Cl)ccc3c(NCCC(=O)OCCN(CCCl)CCCl)c2c1.Cc1oc2c(C)c3oc(=O)cc(C)c3cc2c1CC(=O)OCCN(CCCl)CCCl.O=C(CCNc1c2ccccc2nc2ccccc12)OCCN(CCCl)CCCl. The van der Waals surface area contributed by atoms with Crippen molar-refractivity contribution in [2.45, 2.75) is 40.0 Å². The minimum Gasteiger partial charge on any atom is -0.497 e. The van der Waals surface area contributed by atoms with E-state index in [1.807, 2.05) is 112 Å². The second-order valence-electron chi connectivity index (χ2n) is 21.0. The van der Waals surface area contributed by atoms with Crippen LogP contribution in [-0.4, -0.2) is 177 Å². The fourth-order valence-electron chi connectivity index (χ4n) is 10.3. The zero-order valence-corrected chi connectivity index (χ0v) is 56.8. The molecule has 4 aromatic heterocycles. The zero-order chi connectivity index (χ0) is 65.2. The molecule has 91 heavy (non-hydrogen) atoms. The molecule has 488 valence electrons. The summed E-state index contributed by atoms with van der Waals surface area (Å²) in [5.74, 6) is 3.64. The number of halogens is 7. The molecule has 0 aliphatic carbocycles. The normalized spacial score (nSPS) is 11.4. The predicted molar refractivity (Wildman–Crippen MR) is 373 cm³/mol. The van der Waals surface area contributed by atoms with Gasteiger partial charge in [-0.05, 0) is 80.9 Å². The first kappa shape index (κ1) is 72.3. The van der Waals surface area contributed by atoms with E-state index in [1.54, 1.807) is 7.11 Å². The maximum atomic E-state index is 12.5. The lowest BCUT2D eigenvalue weighted by molar-refractivity contribution is -0.144. The minimum atomic E-state index is -0.396. The number of nitrogens with zero attached hydrogens (tertiary/aromatic N) is 5. The number of carbonyl (C=O) groups is 3. The summed E-state index contributed by atoms with van der Waals surface area (Å²) in [7, 11) is 1.62. The van der Waals surface area contributed by atoms with Gasteiger partial charge in [0.25, 0.3) is 0 Å². The maximum absolute atomic E-state index is 12.5. The number of aryl methyl sites for hydroxylation is 3. The number of nitrogens with one attached hydrogen (secondary N) is 2. The summed E-state index contributed by atoms with van der Waals surface area (Å²) in [5, 5.41) is 13.0. The van der Waals surface area contributed by atoms with Crippen LogP contribution in [0.5, 0.6) is 5.75 Å². The van der Waals surface area contributed by atoms with Crippen LogP contribution in [0.4, 0.5) is 11.4 Å². The fourth-order valence-corrected chi connectivity index (χ4v) is 11.9. The maximum Gasteiger partial charge on any atom is 0.336 e. The van der Waals surface area contributed by atoms with Crippen molar-refractivity contribution in [3.8, 4) is 5.75 Å². The first-order valence-electron chi connectivity index (χ1n) is 29.9. The van der Waals surface area contributed by atoms with E-state index in [1.165, 1.54) is 6.07 Å². The van der Waals surface area contributed by atoms with E-state index in [0.29, 0.717) is 129 Å². The Hall–Kier alpha value is -6.09. The Balaban J connectivity index is 0.000000194. The molecule has 24 heteroatoms. The van der Waals surface area contributed by atoms with Crippen molar-refractivity contribution in [3.05, 3.63) is 135 Å². The minimum absolute atomic E-state index is 0.102. The van der Waals surface area contributed by atoms with Gasteiger partial charge in [-0.25, -0.2) is 14.8 Å². The Kier molecular flexibility index (Phi) is 29.9. The van der Waals surface area contributed by atoms with E-state index < -0.39 is 5.63 Å². The van der Waals surface area contributed by atoms with Crippen molar-refractivity contribution in [3.63, 3.8) is 0 Å². The number of fused-ring (bicyclic) bond motifs is 6. The van der Waals surface area contributed by atoms with E-state index in [0.717, 1.165) is 101 Å². The van der Waals surface area contributed by atoms with Gasteiger partial charge in [0, 0.05) is 162 Å². The number of alkyl halides is 6. The highest BCUT2D eigenvalue weighted by molar-refractivity contribution is 6.31. The largest absolute Gasteiger partial charge is 0.497 e. The van der Waals surface area contributed by atoms with Gasteiger partial charge < -0.3 is 38.4 Å². The van der Waals surface area contributed by atoms with Gasteiger partial charge in [0.15, 0.2) is 0 Å². The number of ether oxygens (including phenoxy) is 4. The molecule has 17 nitrogen and oxygen atoms in total. The highest BCUT2D eigenvalue weighted by Crippen LogP contribution is 2.37. The predicted octanol–water partition coefficient (Wildman–Crippen LogP) is 14.0.